The van der Waals surface area contributed by atoms with Crippen LogP contribution in [0.5, 0.6) is 0 Å². The van der Waals surface area contributed by atoms with E-state index >= 15 is 0 Å². The van der Waals surface area contributed by atoms with Gasteiger partial charge in [-0.25, -0.2) is 8.42 Å². The number of hydrogen-bond acceptors (Lipinski definition) is 3. The van der Waals surface area contributed by atoms with Crippen LogP contribution < -0.4 is 10.0 Å². The first kappa shape index (κ1) is 17.7. The molecule has 2 N–H and O–H groups in total. The molecule has 0 spiro atoms. The molecule has 122 valence electrons. The maximum atomic E-state index is 12.2. The van der Waals surface area contributed by atoms with Crippen molar-refractivity contribution in [2.24, 2.45) is 0 Å². The minimum atomic E-state index is -3.74. The first-order valence-electron chi connectivity index (χ1n) is 6.98. The van der Waals surface area contributed by atoms with Crippen molar-refractivity contribution >= 4 is 31.9 Å². The smallest absolute Gasteiger partial charge is 0.241 e. The molecule has 2 rings (SSSR count). The molecule has 0 heterocycles. The van der Waals surface area contributed by atoms with Crippen molar-refractivity contribution in [3.63, 3.8) is 0 Å². The maximum Gasteiger partial charge on any atom is 0.241 e. The van der Waals surface area contributed by atoms with Gasteiger partial charge in [-0.15, -0.1) is 0 Å². The van der Waals surface area contributed by atoms with E-state index in [4.69, 9.17) is 0 Å². The second-order valence-corrected chi connectivity index (χ2v) is 7.63. The summed E-state index contributed by atoms with van der Waals surface area (Å²) < 4.78 is 27.6. The van der Waals surface area contributed by atoms with Gasteiger partial charge in [0.1, 0.15) is 0 Å². The summed E-state index contributed by atoms with van der Waals surface area (Å²) in [6, 6.07) is 14.8. The molecule has 0 saturated heterocycles. The lowest BCUT2D eigenvalue weighted by molar-refractivity contribution is -0.122. The van der Waals surface area contributed by atoms with Crippen LogP contribution in [0.3, 0.4) is 0 Å². The Morgan fingerprint density at radius 3 is 2.30 bits per heavy atom. The average molecular weight is 397 g/mol. The molecule has 0 bridgehead atoms. The standard InChI is InChI=1S/C16H17BrN2O3S/c1-12(16(20)18-11-13-5-3-2-4-6-13)19-23(21,22)15-9-7-14(17)8-10-15/h2-10,12,19H,11H2,1H3,(H,18,20). The van der Waals surface area contributed by atoms with Gasteiger partial charge in [-0.3, -0.25) is 4.79 Å². The van der Waals surface area contributed by atoms with Gasteiger partial charge in [0.2, 0.25) is 15.9 Å². The molecular weight excluding hydrogens is 380 g/mol. The summed E-state index contributed by atoms with van der Waals surface area (Å²) >= 11 is 3.25. The lowest BCUT2D eigenvalue weighted by atomic mass is 10.2. The zero-order chi connectivity index (χ0) is 16.9. The Labute approximate surface area is 144 Å². The van der Waals surface area contributed by atoms with Gasteiger partial charge in [0, 0.05) is 11.0 Å². The van der Waals surface area contributed by atoms with Crippen molar-refractivity contribution in [1.29, 1.82) is 0 Å². The van der Waals surface area contributed by atoms with Crippen molar-refractivity contribution in [2.45, 2.75) is 24.4 Å². The number of carbonyl (C=O) groups excluding carboxylic acids is 1. The molecule has 1 unspecified atom stereocenters. The predicted octanol–water partition coefficient (Wildman–Crippen LogP) is 2.43. The lowest BCUT2D eigenvalue weighted by Crippen LogP contribution is -2.44. The van der Waals surface area contributed by atoms with E-state index < -0.39 is 16.1 Å². The fourth-order valence-corrected chi connectivity index (χ4v) is 3.37. The predicted molar refractivity (Wildman–Crippen MR) is 92.2 cm³/mol. The lowest BCUT2D eigenvalue weighted by Gasteiger charge is -2.14. The topological polar surface area (TPSA) is 75.3 Å². The number of sulfonamides is 1. The monoisotopic (exact) mass is 396 g/mol. The van der Waals surface area contributed by atoms with Crippen LogP contribution in [-0.4, -0.2) is 20.4 Å². The molecule has 1 atom stereocenters. The van der Waals surface area contributed by atoms with Crippen molar-refractivity contribution in [3.05, 3.63) is 64.6 Å². The number of halogens is 1. The number of carbonyl (C=O) groups is 1. The molecule has 2 aromatic rings. The van der Waals surface area contributed by atoms with Gasteiger partial charge in [-0.2, -0.15) is 4.72 Å². The molecule has 0 aliphatic carbocycles. The van der Waals surface area contributed by atoms with Crippen LogP contribution in [0.25, 0.3) is 0 Å². The third-order valence-corrected chi connectivity index (χ3v) is 5.24. The molecule has 2 aromatic carbocycles. The molecule has 1 amide bonds. The van der Waals surface area contributed by atoms with Crippen molar-refractivity contribution in [3.8, 4) is 0 Å². The van der Waals surface area contributed by atoms with Gasteiger partial charge in [0.05, 0.1) is 10.9 Å². The van der Waals surface area contributed by atoms with Crippen LogP contribution in [0.1, 0.15) is 12.5 Å². The molecule has 0 aliphatic heterocycles. The molecule has 0 radical (unpaired) electrons. The van der Waals surface area contributed by atoms with Crippen LogP contribution >= 0.6 is 15.9 Å². The summed E-state index contributed by atoms with van der Waals surface area (Å²) in [7, 11) is -3.74. The Bertz CT molecular complexity index is 762. The van der Waals surface area contributed by atoms with Crippen molar-refractivity contribution < 1.29 is 13.2 Å². The summed E-state index contributed by atoms with van der Waals surface area (Å²) in [6.45, 7) is 1.86. The highest BCUT2D eigenvalue weighted by atomic mass is 79.9. The van der Waals surface area contributed by atoms with E-state index in [0.29, 0.717) is 6.54 Å². The summed E-state index contributed by atoms with van der Waals surface area (Å²) in [5.41, 5.74) is 0.948. The van der Waals surface area contributed by atoms with Crippen LogP contribution in [-0.2, 0) is 21.4 Å². The highest BCUT2D eigenvalue weighted by Gasteiger charge is 2.21. The van der Waals surface area contributed by atoms with E-state index in [1.54, 1.807) is 12.1 Å². The Morgan fingerprint density at radius 1 is 1.09 bits per heavy atom. The maximum absolute atomic E-state index is 12.2. The highest BCUT2D eigenvalue weighted by molar-refractivity contribution is 9.10. The summed E-state index contributed by atoms with van der Waals surface area (Å²) in [5.74, 6) is -0.380. The Hall–Kier alpha value is -1.70. The second-order valence-electron chi connectivity index (χ2n) is 5.00. The second kappa shape index (κ2) is 7.72. The minimum absolute atomic E-state index is 0.114. The van der Waals surface area contributed by atoms with Gasteiger partial charge in [0.15, 0.2) is 0 Å². The molecule has 7 heteroatoms. The van der Waals surface area contributed by atoms with Gasteiger partial charge in [-0.05, 0) is 36.8 Å². The number of benzene rings is 2. The van der Waals surface area contributed by atoms with E-state index in [2.05, 4.69) is 26.0 Å². The Morgan fingerprint density at radius 2 is 1.70 bits per heavy atom. The van der Waals surface area contributed by atoms with E-state index in [9.17, 15) is 13.2 Å². The quantitative estimate of drug-likeness (QED) is 0.786. The first-order valence-corrected chi connectivity index (χ1v) is 9.25. The zero-order valence-corrected chi connectivity index (χ0v) is 14.9. The highest BCUT2D eigenvalue weighted by Crippen LogP contribution is 2.14. The third kappa shape index (κ3) is 5.16. The van der Waals surface area contributed by atoms with Crippen molar-refractivity contribution in [2.75, 3.05) is 0 Å². The van der Waals surface area contributed by atoms with Gasteiger partial charge in [0.25, 0.3) is 0 Å². The van der Waals surface area contributed by atoms with Crippen LogP contribution in [0.15, 0.2) is 64.0 Å². The van der Waals surface area contributed by atoms with Gasteiger partial charge in [-0.1, -0.05) is 46.3 Å². The molecule has 0 aromatic heterocycles. The molecule has 23 heavy (non-hydrogen) atoms. The molecule has 0 fully saturated rings. The third-order valence-electron chi connectivity index (χ3n) is 3.16. The molecular formula is C16H17BrN2O3S. The summed E-state index contributed by atoms with van der Waals surface area (Å²) in [4.78, 5) is 12.1. The van der Waals surface area contributed by atoms with E-state index in [1.807, 2.05) is 30.3 Å². The summed E-state index contributed by atoms with van der Waals surface area (Å²) in [5, 5.41) is 2.71. The Kier molecular flexibility index (Phi) is 5.92. The summed E-state index contributed by atoms with van der Waals surface area (Å²) in [6.07, 6.45) is 0. The molecule has 0 saturated carbocycles. The minimum Gasteiger partial charge on any atom is -0.351 e. The van der Waals surface area contributed by atoms with Gasteiger partial charge < -0.3 is 5.32 Å². The number of rotatable bonds is 6. The largest absolute Gasteiger partial charge is 0.351 e. The fourth-order valence-electron chi connectivity index (χ4n) is 1.91. The van der Waals surface area contributed by atoms with E-state index in [0.717, 1.165) is 10.0 Å². The fraction of sp³-hybridized carbons (Fsp3) is 0.188. The van der Waals surface area contributed by atoms with Crippen LogP contribution in [0.2, 0.25) is 0 Å². The number of nitrogens with one attached hydrogen (secondary N) is 2. The van der Waals surface area contributed by atoms with Crippen molar-refractivity contribution in [1.82, 2.24) is 10.0 Å². The first-order chi connectivity index (χ1) is 10.9. The SMILES string of the molecule is CC(NS(=O)(=O)c1ccc(Br)cc1)C(=O)NCc1ccccc1. The Balaban J connectivity index is 1.96. The zero-order valence-electron chi connectivity index (χ0n) is 12.5. The number of amides is 1. The normalized spacial score (nSPS) is 12.6. The van der Waals surface area contributed by atoms with Crippen LogP contribution in [0, 0.1) is 0 Å². The average Bonchev–Trinajstić information content (AvgIpc) is 2.53. The molecule has 0 aliphatic rings. The van der Waals surface area contributed by atoms with E-state index in [-0.39, 0.29) is 10.8 Å². The van der Waals surface area contributed by atoms with Crippen LogP contribution in [0.4, 0.5) is 0 Å². The van der Waals surface area contributed by atoms with Gasteiger partial charge >= 0.3 is 0 Å². The molecule has 5 nitrogen and oxygen atoms in total. The van der Waals surface area contributed by atoms with E-state index in [1.165, 1.54) is 19.1 Å². The number of hydrogen-bond donors (Lipinski definition) is 2.